The summed E-state index contributed by atoms with van der Waals surface area (Å²) in [7, 11) is 0. The van der Waals surface area contributed by atoms with Crippen LogP contribution in [0.25, 0.3) is 0 Å². The molecule has 1 heterocycles. The number of likely N-dealkylation sites (tertiary alicyclic amines) is 1. The van der Waals surface area contributed by atoms with Crippen molar-refractivity contribution in [1.29, 1.82) is 0 Å². The summed E-state index contributed by atoms with van der Waals surface area (Å²) >= 11 is 0. The van der Waals surface area contributed by atoms with E-state index in [4.69, 9.17) is 10.9 Å². The third kappa shape index (κ3) is 2.90. The normalized spacial score (nSPS) is 27.9. The molecule has 1 amide bonds. The van der Waals surface area contributed by atoms with E-state index in [1.165, 1.54) is 0 Å². The second kappa shape index (κ2) is 5.89. The van der Waals surface area contributed by atoms with Gasteiger partial charge < -0.3 is 15.8 Å². The quantitative estimate of drug-likeness (QED) is 0.340. The van der Waals surface area contributed by atoms with Crippen molar-refractivity contribution < 1.29 is 10.0 Å². The lowest BCUT2D eigenvalue weighted by Crippen LogP contribution is -2.52. The molecule has 0 aromatic rings. The van der Waals surface area contributed by atoms with E-state index in [2.05, 4.69) is 19.0 Å². The lowest BCUT2D eigenvalue weighted by atomic mass is 9.94. The van der Waals surface area contributed by atoms with Gasteiger partial charge in [-0.1, -0.05) is 12.1 Å². The van der Waals surface area contributed by atoms with Gasteiger partial charge in [0.1, 0.15) is 0 Å². The van der Waals surface area contributed by atoms with Gasteiger partial charge >= 0.3 is 0 Å². The third-order valence-corrected chi connectivity index (χ3v) is 3.63. The lowest BCUT2D eigenvalue weighted by molar-refractivity contribution is -0.139. The van der Waals surface area contributed by atoms with Crippen LogP contribution in [0.5, 0.6) is 0 Å². The largest absolute Gasteiger partial charge is 0.409 e. The number of hydrogen-bond acceptors (Lipinski definition) is 3. The molecule has 1 fully saturated rings. The van der Waals surface area contributed by atoms with E-state index in [1.807, 2.05) is 11.8 Å². The molecule has 3 atom stereocenters. The molecule has 1 aliphatic heterocycles. The summed E-state index contributed by atoms with van der Waals surface area (Å²) < 4.78 is 0. The molecular weight excluding hydrogens is 218 g/mol. The van der Waals surface area contributed by atoms with E-state index in [9.17, 15) is 4.79 Å². The van der Waals surface area contributed by atoms with Crippen molar-refractivity contribution in [3.05, 3.63) is 0 Å². The molecule has 3 N–H and O–H groups in total. The van der Waals surface area contributed by atoms with Crippen molar-refractivity contribution in [2.75, 3.05) is 0 Å². The predicted molar refractivity (Wildman–Crippen MR) is 66.8 cm³/mol. The van der Waals surface area contributed by atoms with Gasteiger partial charge in [-0.25, -0.2) is 0 Å². The van der Waals surface area contributed by atoms with Gasteiger partial charge in [0.15, 0.2) is 5.84 Å². The van der Waals surface area contributed by atoms with E-state index < -0.39 is 5.92 Å². The standard InChI is InChI=1S/C12H23N3O2/c1-4-10(11(13)14-17)12(16)15-8(2)6-5-7-9(15)3/h8-10,17H,4-7H2,1-3H3,(H2,13,14). The number of carbonyl (C=O) groups excluding carboxylic acids is 1. The molecule has 0 bridgehead atoms. The zero-order chi connectivity index (χ0) is 13.0. The van der Waals surface area contributed by atoms with Gasteiger partial charge in [0.25, 0.3) is 0 Å². The molecule has 0 spiro atoms. The molecule has 0 aromatic heterocycles. The van der Waals surface area contributed by atoms with Crippen LogP contribution in [0.3, 0.4) is 0 Å². The minimum absolute atomic E-state index is 0.0116. The number of amides is 1. The van der Waals surface area contributed by atoms with Gasteiger partial charge in [0.2, 0.25) is 5.91 Å². The van der Waals surface area contributed by atoms with Crippen LogP contribution < -0.4 is 5.73 Å². The first-order valence-electron chi connectivity index (χ1n) is 6.32. The number of nitrogens with zero attached hydrogens (tertiary/aromatic N) is 2. The van der Waals surface area contributed by atoms with Crippen molar-refractivity contribution in [2.45, 2.75) is 58.5 Å². The molecule has 17 heavy (non-hydrogen) atoms. The Labute approximate surface area is 103 Å². The predicted octanol–water partition coefficient (Wildman–Crippen LogP) is 1.55. The minimum Gasteiger partial charge on any atom is -0.409 e. The molecule has 98 valence electrons. The number of amidine groups is 1. The number of rotatable bonds is 3. The highest BCUT2D eigenvalue weighted by molar-refractivity contribution is 6.02. The van der Waals surface area contributed by atoms with E-state index >= 15 is 0 Å². The van der Waals surface area contributed by atoms with Gasteiger partial charge in [-0.15, -0.1) is 0 Å². The highest BCUT2D eigenvalue weighted by Crippen LogP contribution is 2.25. The summed E-state index contributed by atoms with van der Waals surface area (Å²) in [5, 5.41) is 11.7. The number of piperidine rings is 1. The minimum atomic E-state index is -0.497. The van der Waals surface area contributed by atoms with Gasteiger partial charge in [-0.3, -0.25) is 4.79 Å². The Morgan fingerprint density at radius 3 is 2.41 bits per heavy atom. The summed E-state index contributed by atoms with van der Waals surface area (Å²) in [6.07, 6.45) is 3.78. The van der Waals surface area contributed by atoms with E-state index in [-0.39, 0.29) is 23.8 Å². The Balaban J connectivity index is 2.85. The summed E-state index contributed by atoms with van der Waals surface area (Å²) in [6, 6.07) is 0.485. The van der Waals surface area contributed by atoms with Crippen molar-refractivity contribution >= 4 is 11.7 Å². The second-order valence-electron chi connectivity index (χ2n) is 4.86. The Kier molecular flexibility index (Phi) is 4.78. The maximum absolute atomic E-state index is 12.4. The average Bonchev–Trinajstić information content (AvgIpc) is 2.29. The topological polar surface area (TPSA) is 78.9 Å². The molecule has 1 aliphatic rings. The van der Waals surface area contributed by atoms with Gasteiger partial charge in [0, 0.05) is 12.1 Å². The smallest absolute Gasteiger partial charge is 0.233 e. The highest BCUT2D eigenvalue weighted by Gasteiger charge is 2.34. The van der Waals surface area contributed by atoms with Crippen LogP contribution in [0.2, 0.25) is 0 Å². The van der Waals surface area contributed by atoms with Crippen molar-refractivity contribution in [3.8, 4) is 0 Å². The van der Waals surface area contributed by atoms with Gasteiger partial charge in [0.05, 0.1) is 5.92 Å². The summed E-state index contributed by atoms with van der Waals surface area (Å²) in [5.41, 5.74) is 5.58. The SMILES string of the molecule is CCC(C(=O)N1C(C)CCCC1C)/C(N)=N\O. The first-order valence-corrected chi connectivity index (χ1v) is 6.32. The third-order valence-electron chi connectivity index (χ3n) is 3.63. The first-order chi connectivity index (χ1) is 8.02. The molecule has 1 saturated heterocycles. The fourth-order valence-electron chi connectivity index (χ4n) is 2.62. The molecule has 5 nitrogen and oxygen atoms in total. The van der Waals surface area contributed by atoms with Crippen LogP contribution in [-0.2, 0) is 4.79 Å². The van der Waals surface area contributed by atoms with Gasteiger partial charge in [-0.2, -0.15) is 0 Å². The van der Waals surface area contributed by atoms with Crippen molar-refractivity contribution in [1.82, 2.24) is 4.90 Å². The molecule has 0 saturated carbocycles. The fraction of sp³-hybridized carbons (Fsp3) is 0.833. The Hall–Kier alpha value is -1.26. The molecule has 0 aromatic carbocycles. The van der Waals surface area contributed by atoms with E-state index in [0.29, 0.717) is 6.42 Å². The Morgan fingerprint density at radius 1 is 1.47 bits per heavy atom. The van der Waals surface area contributed by atoms with Crippen LogP contribution in [0, 0.1) is 5.92 Å². The van der Waals surface area contributed by atoms with E-state index in [1.54, 1.807) is 0 Å². The summed E-state index contributed by atoms with van der Waals surface area (Å²) in [4.78, 5) is 14.3. The number of oxime groups is 1. The van der Waals surface area contributed by atoms with Crippen molar-refractivity contribution in [3.63, 3.8) is 0 Å². The average molecular weight is 241 g/mol. The summed E-state index contributed by atoms with van der Waals surface area (Å²) in [6.45, 7) is 6.00. The van der Waals surface area contributed by atoms with Crippen molar-refractivity contribution in [2.24, 2.45) is 16.8 Å². The monoisotopic (exact) mass is 241 g/mol. The number of carbonyl (C=O) groups is 1. The fourth-order valence-corrected chi connectivity index (χ4v) is 2.62. The Morgan fingerprint density at radius 2 is 2.00 bits per heavy atom. The highest BCUT2D eigenvalue weighted by atomic mass is 16.4. The second-order valence-corrected chi connectivity index (χ2v) is 4.86. The summed E-state index contributed by atoms with van der Waals surface area (Å²) in [5.74, 6) is -0.493. The van der Waals surface area contributed by atoms with Crippen LogP contribution in [0.4, 0.5) is 0 Å². The maximum Gasteiger partial charge on any atom is 0.233 e. The van der Waals surface area contributed by atoms with Crippen LogP contribution in [0.15, 0.2) is 5.16 Å². The number of nitrogens with two attached hydrogens (primary N) is 1. The van der Waals surface area contributed by atoms with Crippen LogP contribution in [-0.4, -0.2) is 33.9 Å². The lowest BCUT2D eigenvalue weighted by Gasteiger charge is -2.40. The van der Waals surface area contributed by atoms with Crippen LogP contribution >= 0.6 is 0 Å². The number of hydrogen-bond donors (Lipinski definition) is 2. The molecule has 0 radical (unpaired) electrons. The maximum atomic E-state index is 12.4. The van der Waals surface area contributed by atoms with E-state index in [0.717, 1.165) is 19.3 Å². The Bertz CT molecular complexity index is 294. The first kappa shape index (κ1) is 13.8. The molecule has 1 rings (SSSR count). The zero-order valence-electron chi connectivity index (χ0n) is 10.9. The van der Waals surface area contributed by atoms with Crippen LogP contribution in [0.1, 0.15) is 46.5 Å². The van der Waals surface area contributed by atoms with Gasteiger partial charge in [-0.05, 0) is 39.5 Å². The molecule has 5 heteroatoms. The molecular formula is C12H23N3O2. The zero-order valence-corrected chi connectivity index (χ0v) is 10.9. The molecule has 3 unspecified atom stereocenters. The molecule has 0 aliphatic carbocycles.